The van der Waals surface area contributed by atoms with E-state index in [0.717, 1.165) is 17.8 Å². The number of aliphatic hydroxyl groups is 1. The van der Waals surface area contributed by atoms with Crippen LogP contribution in [0.2, 0.25) is 0 Å². The molecular weight excluding hydrogens is 238 g/mol. The maximum atomic E-state index is 9.27. The van der Waals surface area contributed by atoms with Crippen molar-refractivity contribution in [3.8, 4) is 5.69 Å². The van der Waals surface area contributed by atoms with E-state index in [1.807, 2.05) is 47.4 Å². The van der Waals surface area contributed by atoms with Crippen LogP contribution in [0.15, 0.2) is 42.7 Å². The number of rotatable bonds is 6. The van der Waals surface area contributed by atoms with Crippen LogP contribution in [0.25, 0.3) is 5.69 Å². The highest BCUT2D eigenvalue weighted by Crippen LogP contribution is 2.08. The van der Waals surface area contributed by atoms with Gasteiger partial charge in [0.15, 0.2) is 0 Å². The molecule has 0 fully saturated rings. The molecule has 0 spiro atoms. The van der Waals surface area contributed by atoms with Crippen molar-refractivity contribution in [3.05, 3.63) is 48.3 Å². The summed E-state index contributed by atoms with van der Waals surface area (Å²) in [5.74, 6) is 0.411. The van der Waals surface area contributed by atoms with Crippen LogP contribution in [0.5, 0.6) is 0 Å². The van der Waals surface area contributed by atoms with Crippen LogP contribution in [0.4, 0.5) is 0 Å². The van der Waals surface area contributed by atoms with Gasteiger partial charge in [0, 0.05) is 24.3 Å². The fraction of sp³-hybridized carbons (Fsp3) is 0.400. The third-order valence-electron chi connectivity index (χ3n) is 3.23. The summed E-state index contributed by atoms with van der Waals surface area (Å²) < 4.78 is 1.86. The van der Waals surface area contributed by atoms with E-state index in [0.29, 0.717) is 5.92 Å². The number of para-hydroxylation sites is 1. The number of hydrogen-bond donors (Lipinski definition) is 2. The first-order valence-electron chi connectivity index (χ1n) is 6.64. The largest absolute Gasteiger partial charge is 0.395 e. The molecule has 2 aromatic rings. The number of nitrogens with zero attached hydrogens (tertiary/aromatic N) is 2. The Morgan fingerprint density at radius 2 is 2.00 bits per heavy atom. The second-order valence-corrected chi connectivity index (χ2v) is 5.04. The van der Waals surface area contributed by atoms with Gasteiger partial charge in [-0.3, -0.25) is 0 Å². The van der Waals surface area contributed by atoms with Gasteiger partial charge in [0.25, 0.3) is 0 Å². The number of aromatic nitrogens is 2. The van der Waals surface area contributed by atoms with E-state index in [2.05, 4.69) is 24.3 Å². The first-order valence-corrected chi connectivity index (χ1v) is 6.64. The highest BCUT2D eigenvalue weighted by atomic mass is 16.3. The van der Waals surface area contributed by atoms with Crippen molar-refractivity contribution in [3.63, 3.8) is 0 Å². The summed E-state index contributed by atoms with van der Waals surface area (Å²) in [5.41, 5.74) is 2.17. The van der Waals surface area contributed by atoms with Gasteiger partial charge in [-0.25, -0.2) is 4.68 Å². The van der Waals surface area contributed by atoms with Crippen molar-refractivity contribution < 1.29 is 5.11 Å². The standard InChI is InChI=1S/C15H21N3O/c1-12(2)15(11-19)16-8-13-9-17-18(10-13)14-6-4-3-5-7-14/h3-7,9-10,12,15-16,19H,8,11H2,1-2H3. The van der Waals surface area contributed by atoms with E-state index in [1.165, 1.54) is 0 Å². The van der Waals surface area contributed by atoms with Crippen molar-refractivity contribution in [2.45, 2.75) is 26.4 Å². The highest BCUT2D eigenvalue weighted by molar-refractivity contribution is 5.30. The molecule has 0 radical (unpaired) electrons. The molecule has 0 aliphatic heterocycles. The molecule has 0 aliphatic rings. The van der Waals surface area contributed by atoms with Gasteiger partial charge < -0.3 is 10.4 Å². The monoisotopic (exact) mass is 259 g/mol. The first-order chi connectivity index (χ1) is 9.20. The van der Waals surface area contributed by atoms with Crippen LogP contribution in [-0.4, -0.2) is 27.5 Å². The molecular formula is C15H21N3O. The van der Waals surface area contributed by atoms with E-state index < -0.39 is 0 Å². The summed E-state index contributed by atoms with van der Waals surface area (Å²) in [5, 5.41) is 17.0. The lowest BCUT2D eigenvalue weighted by Gasteiger charge is -2.19. The zero-order chi connectivity index (χ0) is 13.7. The fourth-order valence-corrected chi connectivity index (χ4v) is 1.93. The zero-order valence-corrected chi connectivity index (χ0v) is 11.5. The minimum atomic E-state index is 0.125. The molecule has 1 atom stereocenters. The minimum Gasteiger partial charge on any atom is -0.395 e. The molecule has 2 N–H and O–H groups in total. The van der Waals surface area contributed by atoms with Gasteiger partial charge in [0.2, 0.25) is 0 Å². The number of aliphatic hydroxyl groups excluding tert-OH is 1. The zero-order valence-electron chi connectivity index (χ0n) is 11.5. The molecule has 4 nitrogen and oxygen atoms in total. The molecule has 0 saturated carbocycles. The quantitative estimate of drug-likeness (QED) is 0.834. The number of nitrogens with one attached hydrogen (secondary N) is 1. The molecule has 102 valence electrons. The van der Waals surface area contributed by atoms with Gasteiger partial charge in [-0.1, -0.05) is 32.0 Å². The van der Waals surface area contributed by atoms with E-state index in [4.69, 9.17) is 0 Å². The third-order valence-corrected chi connectivity index (χ3v) is 3.23. The molecule has 1 heterocycles. The third kappa shape index (κ3) is 3.66. The number of hydrogen-bond acceptors (Lipinski definition) is 3. The van der Waals surface area contributed by atoms with Crippen molar-refractivity contribution in [2.75, 3.05) is 6.61 Å². The Kier molecular flexibility index (Phi) is 4.71. The average molecular weight is 259 g/mol. The fourth-order valence-electron chi connectivity index (χ4n) is 1.93. The summed E-state index contributed by atoms with van der Waals surface area (Å²) in [7, 11) is 0. The Hall–Kier alpha value is -1.65. The molecule has 0 aliphatic carbocycles. The van der Waals surface area contributed by atoms with Crippen LogP contribution in [0, 0.1) is 5.92 Å². The summed E-state index contributed by atoms with van der Waals surface area (Å²) >= 11 is 0. The van der Waals surface area contributed by atoms with Crippen molar-refractivity contribution in [1.29, 1.82) is 0 Å². The van der Waals surface area contributed by atoms with E-state index in [1.54, 1.807) is 0 Å². The highest BCUT2D eigenvalue weighted by Gasteiger charge is 2.11. The SMILES string of the molecule is CC(C)C(CO)NCc1cnn(-c2ccccc2)c1. The average Bonchev–Trinajstić information content (AvgIpc) is 2.89. The van der Waals surface area contributed by atoms with Crippen molar-refractivity contribution in [1.82, 2.24) is 15.1 Å². The summed E-state index contributed by atoms with van der Waals surface area (Å²) in [6.45, 7) is 5.07. The molecule has 0 saturated heterocycles. The maximum absolute atomic E-state index is 9.27. The van der Waals surface area contributed by atoms with Gasteiger partial charge in [-0.15, -0.1) is 0 Å². The molecule has 1 aromatic heterocycles. The molecule has 1 aromatic carbocycles. The lowest BCUT2D eigenvalue weighted by molar-refractivity contribution is 0.210. The first kappa shape index (κ1) is 13.8. The predicted molar refractivity (Wildman–Crippen MR) is 76.1 cm³/mol. The van der Waals surface area contributed by atoms with Crippen LogP contribution >= 0.6 is 0 Å². The summed E-state index contributed by atoms with van der Waals surface area (Å²) in [4.78, 5) is 0. The lowest BCUT2D eigenvalue weighted by Crippen LogP contribution is -2.36. The summed E-state index contributed by atoms with van der Waals surface area (Å²) in [6.07, 6.45) is 3.87. The maximum Gasteiger partial charge on any atom is 0.0645 e. The van der Waals surface area contributed by atoms with Crippen LogP contribution < -0.4 is 5.32 Å². The molecule has 4 heteroatoms. The lowest BCUT2D eigenvalue weighted by atomic mass is 10.1. The topological polar surface area (TPSA) is 50.1 Å². The molecule has 0 amide bonds. The van der Waals surface area contributed by atoms with Gasteiger partial charge in [0.1, 0.15) is 0 Å². The van der Waals surface area contributed by atoms with E-state index >= 15 is 0 Å². The van der Waals surface area contributed by atoms with Gasteiger partial charge in [-0.05, 0) is 18.1 Å². The molecule has 19 heavy (non-hydrogen) atoms. The Morgan fingerprint density at radius 1 is 1.26 bits per heavy atom. The smallest absolute Gasteiger partial charge is 0.0645 e. The van der Waals surface area contributed by atoms with E-state index in [-0.39, 0.29) is 12.6 Å². The normalized spacial score (nSPS) is 12.8. The Morgan fingerprint density at radius 3 is 2.63 bits per heavy atom. The second kappa shape index (κ2) is 6.50. The van der Waals surface area contributed by atoms with E-state index in [9.17, 15) is 5.11 Å². The molecule has 0 bridgehead atoms. The Balaban J connectivity index is 1.98. The predicted octanol–water partition coefficient (Wildman–Crippen LogP) is 1.98. The van der Waals surface area contributed by atoms with Gasteiger partial charge in [0.05, 0.1) is 18.5 Å². The Bertz CT molecular complexity index is 493. The number of benzene rings is 1. The molecule has 1 unspecified atom stereocenters. The second-order valence-electron chi connectivity index (χ2n) is 5.04. The molecule has 2 rings (SSSR count). The van der Waals surface area contributed by atoms with Gasteiger partial charge in [-0.2, -0.15) is 5.10 Å². The van der Waals surface area contributed by atoms with Crippen molar-refractivity contribution >= 4 is 0 Å². The Labute approximate surface area is 114 Å². The minimum absolute atomic E-state index is 0.125. The van der Waals surface area contributed by atoms with Crippen LogP contribution in [0.1, 0.15) is 19.4 Å². The van der Waals surface area contributed by atoms with Gasteiger partial charge >= 0.3 is 0 Å². The summed E-state index contributed by atoms with van der Waals surface area (Å²) in [6, 6.07) is 10.2. The van der Waals surface area contributed by atoms with Crippen molar-refractivity contribution in [2.24, 2.45) is 5.92 Å². The van der Waals surface area contributed by atoms with Crippen LogP contribution in [0.3, 0.4) is 0 Å². The van der Waals surface area contributed by atoms with Crippen LogP contribution in [-0.2, 0) is 6.54 Å².